The highest BCUT2D eigenvalue weighted by molar-refractivity contribution is 5.46. The third kappa shape index (κ3) is 3.56. The lowest BCUT2D eigenvalue weighted by atomic mass is 9.93. The van der Waals surface area contributed by atoms with E-state index in [-0.39, 0.29) is 6.10 Å². The Labute approximate surface area is 102 Å². The molecule has 0 radical (unpaired) electrons. The van der Waals surface area contributed by atoms with E-state index in [0.29, 0.717) is 6.04 Å². The zero-order valence-electron chi connectivity index (χ0n) is 10.2. The van der Waals surface area contributed by atoms with E-state index in [9.17, 15) is 5.11 Å². The minimum absolute atomic E-state index is 0.115. The number of aromatic nitrogens is 2. The van der Waals surface area contributed by atoms with Gasteiger partial charge in [-0.25, -0.2) is 9.97 Å². The monoisotopic (exact) mass is 236 g/mol. The largest absolute Gasteiger partial charge is 0.393 e. The van der Waals surface area contributed by atoms with Crippen LogP contribution in [-0.4, -0.2) is 33.8 Å². The van der Waals surface area contributed by atoms with Crippen LogP contribution in [0.2, 0.25) is 0 Å². The molecule has 17 heavy (non-hydrogen) atoms. The summed E-state index contributed by atoms with van der Waals surface area (Å²) < 4.78 is 0. The van der Waals surface area contributed by atoms with Gasteiger partial charge in [-0.05, 0) is 32.6 Å². The molecule has 0 bridgehead atoms. The second-order valence-electron chi connectivity index (χ2n) is 4.47. The molecule has 0 spiro atoms. The van der Waals surface area contributed by atoms with Crippen molar-refractivity contribution in [2.75, 3.05) is 17.2 Å². The number of hydrogen-bond acceptors (Lipinski definition) is 5. The second kappa shape index (κ2) is 5.82. The summed E-state index contributed by atoms with van der Waals surface area (Å²) in [5, 5.41) is 16.0. The molecule has 3 N–H and O–H groups in total. The second-order valence-corrected chi connectivity index (χ2v) is 4.47. The minimum Gasteiger partial charge on any atom is -0.393 e. The molecule has 1 aliphatic rings. The van der Waals surface area contributed by atoms with Crippen LogP contribution in [0.1, 0.15) is 32.6 Å². The summed E-state index contributed by atoms with van der Waals surface area (Å²) in [5.74, 6) is 1.71. The molecule has 0 aliphatic heterocycles. The zero-order chi connectivity index (χ0) is 12.1. The molecule has 1 aromatic rings. The topological polar surface area (TPSA) is 70.1 Å². The van der Waals surface area contributed by atoms with E-state index >= 15 is 0 Å². The molecule has 0 unspecified atom stereocenters. The van der Waals surface area contributed by atoms with Gasteiger partial charge in [-0.2, -0.15) is 0 Å². The SMILES string of the molecule is CCNc1cc(NC2CCC(O)CC2)ncn1. The first kappa shape index (κ1) is 12.1. The van der Waals surface area contributed by atoms with Crippen molar-refractivity contribution < 1.29 is 5.11 Å². The molecule has 2 rings (SSSR count). The zero-order valence-corrected chi connectivity index (χ0v) is 10.2. The van der Waals surface area contributed by atoms with Gasteiger partial charge in [0.05, 0.1) is 6.10 Å². The van der Waals surface area contributed by atoms with Crippen molar-refractivity contribution in [3.8, 4) is 0 Å². The molecule has 1 aromatic heterocycles. The van der Waals surface area contributed by atoms with Crippen molar-refractivity contribution in [1.82, 2.24) is 9.97 Å². The third-order valence-electron chi connectivity index (χ3n) is 3.07. The first-order valence-electron chi connectivity index (χ1n) is 6.28. The lowest BCUT2D eigenvalue weighted by Gasteiger charge is -2.26. The standard InChI is InChI=1S/C12H20N4O/c1-2-13-11-7-12(15-8-14-11)16-9-3-5-10(17)6-4-9/h7-10,17H,2-6H2,1H3,(H2,13,14,15,16). The highest BCUT2D eigenvalue weighted by Crippen LogP contribution is 2.21. The molecule has 0 amide bonds. The Bertz CT molecular complexity index is 350. The normalized spacial score (nSPS) is 24.4. The van der Waals surface area contributed by atoms with Crippen molar-refractivity contribution in [1.29, 1.82) is 0 Å². The maximum Gasteiger partial charge on any atom is 0.131 e. The average molecular weight is 236 g/mol. The van der Waals surface area contributed by atoms with Crippen molar-refractivity contribution in [3.63, 3.8) is 0 Å². The lowest BCUT2D eigenvalue weighted by molar-refractivity contribution is 0.126. The van der Waals surface area contributed by atoms with Crippen LogP contribution in [-0.2, 0) is 0 Å². The van der Waals surface area contributed by atoms with E-state index in [4.69, 9.17) is 0 Å². The highest BCUT2D eigenvalue weighted by Gasteiger charge is 2.19. The van der Waals surface area contributed by atoms with Gasteiger partial charge >= 0.3 is 0 Å². The van der Waals surface area contributed by atoms with Crippen LogP contribution in [0, 0.1) is 0 Å². The molecule has 1 saturated carbocycles. The minimum atomic E-state index is -0.115. The van der Waals surface area contributed by atoms with Crippen molar-refractivity contribution in [2.45, 2.75) is 44.8 Å². The summed E-state index contributed by atoms with van der Waals surface area (Å²) in [6.45, 7) is 2.89. The average Bonchev–Trinajstić information content (AvgIpc) is 2.33. The predicted molar refractivity (Wildman–Crippen MR) is 68.1 cm³/mol. The van der Waals surface area contributed by atoms with Gasteiger partial charge in [0.15, 0.2) is 0 Å². The molecule has 94 valence electrons. The van der Waals surface area contributed by atoms with E-state index in [1.165, 1.54) is 0 Å². The first-order chi connectivity index (χ1) is 8.28. The van der Waals surface area contributed by atoms with E-state index in [1.54, 1.807) is 6.33 Å². The van der Waals surface area contributed by atoms with Crippen LogP contribution in [0.15, 0.2) is 12.4 Å². The number of nitrogens with one attached hydrogen (secondary N) is 2. The number of hydrogen-bond donors (Lipinski definition) is 3. The van der Waals surface area contributed by atoms with Gasteiger partial charge < -0.3 is 15.7 Å². The fourth-order valence-corrected chi connectivity index (χ4v) is 2.14. The predicted octanol–water partition coefficient (Wildman–Crippen LogP) is 1.62. The molecule has 1 aliphatic carbocycles. The van der Waals surface area contributed by atoms with Gasteiger partial charge in [0.2, 0.25) is 0 Å². The Hall–Kier alpha value is -1.36. The third-order valence-corrected chi connectivity index (χ3v) is 3.07. The number of nitrogens with zero attached hydrogens (tertiary/aromatic N) is 2. The van der Waals surface area contributed by atoms with Gasteiger partial charge in [-0.15, -0.1) is 0 Å². The molecule has 5 nitrogen and oxygen atoms in total. The number of aliphatic hydroxyl groups excluding tert-OH is 1. The van der Waals surface area contributed by atoms with Gasteiger partial charge in [0.1, 0.15) is 18.0 Å². The van der Waals surface area contributed by atoms with Gasteiger partial charge in [-0.1, -0.05) is 0 Å². The Morgan fingerprint density at radius 2 is 1.94 bits per heavy atom. The van der Waals surface area contributed by atoms with Crippen LogP contribution in [0.25, 0.3) is 0 Å². The van der Waals surface area contributed by atoms with Gasteiger partial charge in [-0.3, -0.25) is 0 Å². The fraction of sp³-hybridized carbons (Fsp3) is 0.667. The van der Waals surface area contributed by atoms with Gasteiger partial charge in [0, 0.05) is 18.7 Å². The van der Waals surface area contributed by atoms with Crippen LogP contribution < -0.4 is 10.6 Å². The van der Waals surface area contributed by atoms with E-state index in [0.717, 1.165) is 43.9 Å². The summed E-state index contributed by atoms with van der Waals surface area (Å²) in [7, 11) is 0. The van der Waals surface area contributed by atoms with Crippen LogP contribution in [0.5, 0.6) is 0 Å². The van der Waals surface area contributed by atoms with Crippen LogP contribution >= 0.6 is 0 Å². The summed E-state index contributed by atoms with van der Waals surface area (Å²) in [5.41, 5.74) is 0. The Morgan fingerprint density at radius 3 is 2.65 bits per heavy atom. The molecule has 1 heterocycles. The summed E-state index contributed by atoms with van der Waals surface area (Å²) >= 11 is 0. The molecule has 1 fully saturated rings. The molecule has 0 aromatic carbocycles. The molecule has 0 atom stereocenters. The summed E-state index contributed by atoms with van der Waals surface area (Å²) in [6, 6.07) is 2.34. The molecular weight excluding hydrogens is 216 g/mol. The van der Waals surface area contributed by atoms with Gasteiger partial charge in [0.25, 0.3) is 0 Å². The maximum atomic E-state index is 9.44. The van der Waals surface area contributed by atoms with Crippen LogP contribution in [0.4, 0.5) is 11.6 Å². The number of anilines is 2. The summed E-state index contributed by atoms with van der Waals surface area (Å²) in [6.07, 6.45) is 5.21. The first-order valence-corrected chi connectivity index (χ1v) is 6.28. The maximum absolute atomic E-state index is 9.44. The smallest absolute Gasteiger partial charge is 0.131 e. The van der Waals surface area contributed by atoms with Crippen LogP contribution in [0.3, 0.4) is 0 Å². The lowest BCUT2D eigenvalue weighted by Crippen LogP contribution is -2.28. The Kier molecular flexibility index (Phi) is 4.14. The van der Waals surface area contributed by atoms with Crippen molar-refractivity contribution in [2.24, 2.45) is 0 Å². The fourth-order valence-electron chi connectivity index (χ4n) is 2.14. The quantitative estimate of drug-likeness (QED) is 0.741. The van der Waals surface area contributed by atoms with E-state index < -0.39 is 0 Å². The molecule has 0 saturated heterocycles. The Morgan fingerprint density at radius 1 is 1.24 bits per heavy atom. The summed E-state index contributed by atoms with van der Waals surface area (Å²) in [4.78, 5) is 8.34. The molecular formula is C12H20N4O. The highest BCUT2D eigenvalue weighted by atomic mass is 16.3. The molecule has 5 heteroatoms. The number of rotatable bonds is 4. The van der Waals surface area contributed by atoms with E-state index in [2.05, 4.69) is 20.6 Å². The van der Waals surface area contributed by atoms with Crippen molar-refractivity contribution in [3.05, 3.63) is 12.4 Å². The number of aliphatic hydroxyl groups is 1. The Balaban J connectivity index is 1.91. The van der Waals surface area contributed by atoms with Crippen molar-refractivity contribution >= 4 is 11.6 Å². The van der Waals surface area contributed by atoms with E-state index in [1.807, 2.05) is 13.0 Å².